The second-order valence-electron chi connectivity index (χ2n) is 4.71. The van der Waals surface area contributed by atoms with Crippen molar-refractivity contribution in [1.82, 2.24) is 5.32 Å². The van der Waals surface area contributed by atoms with Crippen LogP contribution in [-0.2, 0) is 16.1 Å². The lowest BCUT2D eigenvalue weighted by atomic mass is 9.80. The smallest absolute Gasteiger partial charge is 0.408 e. The van der Waals surface area contributed by atoms with E-state index in [-0.39, 0.29) is 12.5 Å². The first-order chi connectivity index (χ1) is 9.16. The SMILES string of the molecule is O=C(N[C@H](C(=O)O)C1CCC1)OCc1ccccc1. The summed E-state index contributed by atoms with van der Waals surface area (Å²) in [6.45, 7) is 0.143. The lowest BCUT2D eigenvalue weighted by Gasteiger charge is -2.31. The number of hydrogen-bond acceptors (Lipinski definition) is 3. The monoisotopic (exact) mass is 263 g/mol. The highest BCUT2D eigenvalue weighted by atomic mass is 16.5. The highest BCUT2D eigenvalue weighted by molar-refractivity contribution is 5.80. The number of alkyl carbamates (subject to hydrolysis) is 1. The van der Waals surface area contributed by atoms with Crippen LogP contribution < -0.4 is 5.32 Å². The van der Waals surface area contributed by atoms with Gasteiger partial charge in [0.15, 0.2) is 0 Å². The number of carbonyl (C=O) groups excluding carboxylic acids is 1. The van der Waals surface area contributed by atoms with Crippen molar-refractivity contribution in [1.29, 1.82) is 0 Å². The summed E-state index contributed by atoms with van der Waals surface area (Å²) in [6, 6.07) is 8.43. The Morgan fingerprint density at radius 1 is 1.32 bits per heavy atom. The number of rotatable bonds is 5. The molecule has 1 aliphatic carbocycles. The van der Waals surface area contributed by atoms with Crippen LogP contribution in [0.4, 0.5) is 4.79 Å². The molecule has 5 nitrogen and oxygen atoms in total. The van der Waals surface area contributed by atoms with Gasteiger partial charge in [-0.25, -0.2) is 9.59 Å². The number of hydrogen-bond donors (Lipinski definition) is 2. The molecule has 1 amide bonds. The second kappa shape index (κ2) is 6.22. The first-order valence-electron chi connectivity index (χ1n) is 6.37. The van der Waals surface area contributed by atoms with Crippen LogP contribution in [0.1, 0.15) is 24.8 Å². The van der Waals surface area contributed by atoms with Crippen molar-refractivity contribution in [2.45, 2.75) is 31.9 Å². The molecule has 5 heteroatoms. The fourth-order valence-corrected chi connectivity index (χ4v) is 2.05. The van der Waals surface area contributed by atoms with E-state index in [0.717, 1.165) is 24.8 Å². The fraction of sp³-hybridized carbons (Fsp3) is 0.429. The van der Waals surface area contributed by atoms with Gasteiger partial charge in [-0.05, 0) is 24.3 Å². The Morgan fingerprint density at radius 2 is 2.00 bits per heavy atom. The van der Waals surface area contributed by atoms with E-state index in [4.69, 9.17) is 9.84 Å². The van der Waals surface area contributed by atoms with Crippen LogP contribution >= 0.6 is 0 Å². The molecular formula is C14H17NO4. The Labute approximate surface area is 111 Å². The number of carboxylic acids is 1. The molecule has 19 heavy (non-hydrogen) atoms. The largest absolute Gasteiger partial charge is 0.480 e. The predicted molar refractivity (Wildman–Crippen MR) is 68.5 cm³/mol. The van der Waals surface area contributed by atoms with Gasteiger partial charge in [0.25, 0.3) is 0 Å². The van der Waals surface area contributed by atoms with Crippen LogP contribution in [0.2, 0.25) is 0 Å². The molecule has 102 valence electrons. The second-order valence-corrected chi connectivity index (χ2v) is 4.71. The van der Waals surface area contributed by atoms with Gasteiger partial charge in [-0.3, -0.25) is 0 Å². The third-order valence-electron chi connectivity index (χ3n) is 3.37. The lowest BCUT2D eigenvalue weighted by Crippen LogP contribution is -2.48. The van der Waals surface area contributed by atoms with Gasteiger partial charge >= 0.3 is 12.1 Å². The van der Waals surface area contributed by atoms with Gasteiger partial charge < -0.3 is 15.2 Å². The molecule has 1 aromatic rings. The summed E-state index contributed by atoms with van der Waals surface area (Å²) in [6.07, 6.45) is 2.03. The Kier molecular flexibility index (Phi) is 4.39. The summed E-state index contributed by atoms with van der Waals surface area (Å²) in [5.41, 5.74) is 0.869. The molecular weight excluding hydrogens is 246 g/mol. The zero-order valence-corrected chi connectivity index (χ0v) is 10.5. The third-order valence-corrected chi connectivity index (χ3v) is 3.37. The molecule has 0 spiro atoms. The number of benzene rings is 1. The minimum atomic E-state index is -0.999. The van der Waals surface area contributed by atoms with Gasteiger partial charge in [-0.1, -0.05) is 36.8 Å². The summed E-state index contributed by atoms with van der Waals surface area (Å²) < 4.78 is 5.01. The summed E-state index contributed by atoms with van der Waals surface area (Å²) in [5, 5.41) is 11.5. The van der Waals surface area contributed by atoms with E-state index in [1.54, 1.807) is 0 Å². The topological polar surface area (TPSA) is 75.6 Å². The van der Waals surface area contributed by atoms with Crippen LogP contribution in [0.3, 0.4) is 0 Å². The molecule has 0 saturated heterocycles. The van der Waals surface area contributed by atoms with Gasteiger partial charge in [0, 0.05) is 0 Å². The number of carboxylic acid groups (broad SMARTS) is 1. The van der Waals surface area contributed by atoms with Crippen LogP contribution in [0.25, 0.3) is 0 Å². The summed E-state index contributed by atoms with van der Waals surface area (Å²) in [7, 11) is 0. The van der Waals surface area contributed by atoms with E-state index in [9.17, 15) is 9.59 Å². The normalized spacial score (nSPS) is 16.2. The van der Waals surface area contributed by atoms with E-state index in [1.165, 1.54) is 0 Å². The molecule has 0 aromatic heterocycles. The number of aliphatic carboxylic acids is 1. The lowest BCUT2D eigenvalue weighted by molar-refractivity contribution is -0.141. The molecule has 0 heterocycles. The first-order valence-corrected chi connectivity index (χ1v) is 6.37. The fourth-order valence-electron chi connectivity index (χ4n) is 2.05. The first kappa shape index (κ1) is 13.4. The maximum Gasteiger partial charge on any atom is 0.408 e. The molecule has 1 aliphatic rings. The van der Waals surface area contributed by atoms with Gasteiger partial charge in [-0.2, -0.15) is 0 Å². The van der Waals surface area contributed by atoms with Crippen LogP contribution in [0.15, 0.2) is 30.3 Å². The zero-order valence-electron chi connectivity index (χ0n) is 10.5. The molecule has 1 fully saturated rings. The van der Waals surface area contributed by atoms with Crippen molar-refractivity contribution in [3.8, 4) is 0 Å². The molecule has 0 bridgehead atoms. The average Bonchev–Trinajstić information content (AvgIpc) is 2.34. The van der Waals surface area contributed by atoms with Gasteiger partial charge in [0.05, 0.1) is 0 Å². The predicted octanol–water partition coefficient (Wildman–Crippen LogP) is 2.17. The Bertz CT molecular complexity index is 442. The highest BCUT2D eigenvalue weighted by Gasteiger charge is 2.34. The average molecular weight is 263 g/mol. The summed E-state index contributed by atoms with van der Waals surface area (Å²) in [4.78, 5) is 22.7. The van der Waals surface area contributed by atoms with Crippen molar-refractivity contribution in [3.63, 3.8) is 0 Å². The number of amides is 1. The molecule has 1 aromatic carbocycles. The van der Waals surface area contributed by atoms with Crippen molar-refractivity contribution in [3.05, 3.63) is 35.9 Å². The molecule has 0 radical (unpaired) electrons. The molecule has 0 unspecified atom stereocenters. The van der Waals surface area contributed by atoms with E-state index < -0.39 is 18.1 Å². The minimum Gasteiger partial charge on any atom is -0.480 e. The number of ether oxygens (including phenoxy) is 1. The van der Waals surface area contributed by atoms with Crippen LogP contribution in [0.5, 0.6) is 0 Å². The van der Waals surface area contributed by atoms with Crippen LogP contribution in [0, 0.1) is 5.92 Å². The van der Waals surface area contributed by atoms with Gasteiger partial charge in [0.1, 0.15) is 12.6 Å². The van der Waals surface area contributed by atoms with Crippen LogP contribution in [-0.4, -0.2) is 23.2 Å². The van der Waals surface area contributed by atoms with E-state index in [0.29, 0.717) is 0 Å². The van der Waals surface area contributed by atoms with Gasteiger partial charge in [-0.15, -0.1) is 0 Å². The quantitative estimate of drug-likeness (QED) is 0.853. The Balaban J connectivity index is 1.81. The molecule has 1 saturated carbocycles. The van der Waals surface area contributed by atoms with Crippen molar-refractivity contribution >= 4 is 12.1 Å². The highest BCUT2D eigenvalue weighted by Crippen LogP contribution is 2.29. The van der Waals surface area contributed by atoms with Crippen molar-refractivity contribution in [2.75, 3.05) is 0 Å². The number of nitrogens with one attached hydrogen (secondary N) is 1. The summed E-state index contributed by atoms with van der Waals surface area (Å²) >= 11 is 0. The number of carbonyl (C=O) groups is 2. The zero-order chi connectivity index (χ0) is 13.7. The molecule has 1 atom stereocenters. The maximum atomic E-state index is 11.6. The van der Waals surface area contributed by atoms with Crippen molar-refractivity contribution < 1.29 is 19.4 Å². The van der Waals surface area contributed by atoms with E-state index in [2.05, 4.69) is 5.32 Å². The molecule has 2 rings (SSSR count). The molecule has 2 N–H and O–H groups in total. The third kappa shape index (κ3) is 3.71. The molecule has 0 aliphatic heterocycles. The van der Waals surface area contributed by atoms with E-state index in [1.807, 2.05) is 30.3 Å². The summed E-state index contributed by atoms with van der Waals surface area (Å²) in [5.74, 6) is -0.969. The van der Waals surface area contributed by atoms with E-state index >= 15 is 0 Å². The standard InChI is InChI=1S/C14H17NO4/c16-13(17)12(11-7-4-8-11)15-14(18)19-9-10-5-2-1-3-6-10/h1-3,5-6,11-12H,4,7-9H2,(H,15,18)(H,16,17)/t12-/m0/s1. The van der Waals surface area contributed by atoms with Crippen molar-refractivity contribution in [2.24, 2.45) is 5.92 Å². The Hall–Kier alpha value is -2.04. The minimum absolute atomic E-state index is 0.0294. The van der Waals surface area contributed by atoms with Gasteiger partial charge in [0.2, 0.25) is 0 Å². The maximum absolute atomic E-state index is 11.6. The Morgan fingerprint density at radius 3 is 2.53 bits per heavy atom.